The molecule has 4 heteroatoms. The molecule has 0 saturated carbocycles. The van der Waals surface area contributed by atoms with Gasteiger partial charge in [0, 0.05) is 10.7 Å². The van der Waals surface area contributed by atoms with Crippen molar-refractivity contribution in [3.05, 3.63) is 28.3 Å². The zero-order valence-electron chi connectivity index (χ0n) is 6.40. The highest BCUT2D eigenvalue weighted by molar-refractivity contribution is 6.68. The summed E-state index contributed by atoms with van der Waals surface area (Å²) in [6, 6.07) is 3.14. The molecule has 0 aromatic heterocycles. The summed E-state index contributed by atoms with van der Waals surface area (Å²) in [6.07, 6.45) is 0. The zero-order valence-corrected chi connectivity index (χ0v) is 7.91. The van der Waals surface area contributed by atoms with Gasteiger partial charge in [0.15, 0.2) is 0 Å². The monoisotopic (exact) mass is 203 g/mol. The maximum absolute atomic E-state index is 10.8. The fraction of sp³-hybridized carbons (Fsp3) is 0.125. The molecule has 1 rings (SSSR count). The van der Waals surface area contributed by atoms with Gasteiger partial charge < -0.3 is 5.73 Å². The van der Waals surface area contributed by atoms with E-state index in [2.05, 4.69) is 0 Å². The molecule has 0 radical (unpaired) electrons. The molecule has 1 aromatic rings. The van der Waals surface area contributed by atoms with Crippen LogP contribution in [-0.4, -0.2) is 5.24 Å². The molecule has 0 bridgehead atoms. The van der Waals surface area contributed by atoms with E-state index in [4.69, 9.17) is 28.9 Å². The summed E-state index contributed by atoms with van der Waals surface area (Å²) < 4.78 is 0. The Morgan fingerprint density at radius 3 is 2.58 bits per heavy atom. The minimum atomic E-state index is -0.585. The number of rotatable bonds is 1. The first-order valence-electron chi connectivity index (χ1n) is 3.28. The summed E-state index contributed by atoms with van der Waals surface area (Å²) >= 11 is 11.0. The van der Waals surface area contributed by atoms with Crippen LogP contribution in [-0.2, 0) is 0 Å². The molecule has 0 atom stereocenters. The summed E-state index contributed by atoms with van der Waals surface area (Å²) in [5, 5.41) is -0.121. The van der Waals surface area contributed by atoms with Gasteiger partial charge in [0.2, 0.25) is 0 Å². The number of carbonyl (C=O) groups is 1. The van der Waals surface area contributed by atoms with E-state index in [-0.39, 0.29) is 5.56 Å². The van der Waals surface area contributed by atoms with E-state index in [0.717, 1.165) is 5.56 Å². The van der Waals surface area contributed by atoms with Gasteiger partial charge >= 0.3 is 0 Å². The lowest BCUT2D eigenvalue weighted by atomic mass is 10.1. The molecule has 0 aliphatic rings. The van der Waals surface area contributed by atoms with Crippen LogP contribution in [0.4, 0.5) is 5.69 Å². The van der Waals surface area contributed by atoms with E-state index >= 15 is 0 Å². The van der Waals surface area contributed by atoms with Gasteiger partial charge in [0.05, 0.1) is 5.56 Å². The van der Waals surface area contributed by atoms with Crippen LogP contribution in [0.2, 0.25) is 5.02 Å². The number of aryl methyl sites for hydroxylation is 1. The van der Waals surface area contributed by atoms with Crippen molar-refractivity contribution in [3.63, 3.8) is 0 Å². The van der Waals surface area contributed by atoms with Crippen molar-refractivity contribution in [3.8, 4) is 0 Å². The third-order valence-electron chi connectivity index (χ3n) is 1.56. The van der Waals surface area contributed by atoms with Crippen LogP contribution in [0.15, 0.2) is 12.1 Å². The predicted octanol–water partition coefficient (Wildman–Crippen LogP) is 2.61. The highest BCUT2D eigenvalue weighted by atomic mass is 35.5. The summed E-state index contributed by atoms with van der Waals surface area (Å²) in [5.74, 6) is 0. The average Bonchev–Trinajstić information content (AvgIpc) is 1.96. The van der Waals surface area contributed by atoms with E-state index < -0.39 is 5.24 Å². The summed E-state index contributed by atoms with van der Waals surface area (Å²) in [5.41, 5.74) is 7.00. The van der Waals surface area contributed by atoms with Crippen LogP contribution in [0.1, 0.15) is 15.9 Å². The number of nitrogen functional groups attached to an aromatic ring is 1. The average molecular weight is 204 g/mol. The Morgan fingerprint density at radius 2 is 2.08 bits per heavy atom. The number of hydrogen-bond donors (Lipinski definition) is 1. The molecule has 1 aromatic carbocycles. The van der Waals surface area contributed by atoms with E-state index in [1.807, 2.05) is 0 Å². The third kappa shape index (κ3) is 1.71. The third-order valence-corrected chi connectivity index (χ3v) is 1.99. The second-order valence-electron chi connectivity index (χ2n) is 2.46. The van der Waals surface area contributed by atoms with Crippen molar-refractivity contribution in [1.29, 1.82) is 0 Å². The Kier molecular flexibility index (Phi) is 2.60. The maximum atomic E-state index is 10.8. The Labute approximate surface area is 80.3 Å². The minimum Gasteiger partial charge on any atom is -0.398 e. The maximum Gasteiger partial charge on any atom is 0.254 e. The van der Waals surface area contributed by atoms with Crippen molar-refractivity contribution in [2.75, 3.05) is 5.73 Å². The molecule has 2 N–H and O–H groups in total. The lowest BCUT2D eigenvalue weighted by molar-refractivity contribution is 0.108. The number of anilines is 1. The van der Waals surface area contributed by atoms with Gasteiger partial charge in [-0.25, -0.2) is 0 Å². The Hall–Kier alpha value is -0.730. The highest BCUT2D eigenvalue weighted by Crippen LogP contribution is 2.23. The number of nitrogens with two attached hydrogens (primary N) is 1. The first-order valence-corrected chi connectivity index (χ1v) is 4.03. The fourth-order valence-electron chi connectivity index (χ4n) is 0.917. The fourth-order valence-corrected chi connectivity index (χ4v) is 1.35. The second-order valence-corrected chi connectivity index (χ2v) is 3.24. The number of carbonyl (C=O) groups excluding carboxylic acids is 1. The van der Waals surface area contributed by atoms with Crippen molar-refractivity contribution < 1.29 is 4.79 Å². The van der Waals surface area contributed by atoms with E-state index in [1.54, 1.807) is 13.0 Å². The van der Waals surface area contributed by atoms with E-state index in [1.165, 1.54) is 6.07 Å². The largest absolute Gasteiger partial charge is 0.398 e. The van der Waals surface area contributed by atoms with Crippen molar-refractivity contribution >= 4 is 34.1 Å². The first-order chi connectivity index (χ1) is 5.52. The summed E-state index contributed by atoms with van der Waals surface area (Å²) in [6.45, 7) is 1.77. The second kappa shape index (κ2) is 3.33. The van der Waals surface area contributed by atoms with Gasteiger partial charge in [-0.2, -0.15) is 0 Å². The normalized spacial score (nSPS) is 9.92. The molecule has 2 nitrogen and oxygen atoms in total. The quantitative estimate of drug-likeness (QED) is 0.564. The molecule has 0 unspecified atom stereocenters. The molecule has 0 amide bonds. The van der Waals surface area contributed by atoms with Crippen LogP contribution < -0.4 is 5.73 Å². The van der Waals surface area contributed by atoms with Crippen LogP contribution in [0.3, 0.4) is 0 Å². The van der Waals surface area contributed by atoms with Crippen LogP contribution in [0, 0.1) is 6.92 Å². The molecule has 0 fully saturated rings. The topological polar surface area (TPSA) is 43.1 Å². The molecule has 0 heterocycles. The molecule has 12 heavy (non-hydrogen) atoms. The van der Waals surface area contributed by atoms with Gasteiger partial charge in [-0.3, -0.25) is 4.79 Å². The molecule has 0 saturated heterocycles. The Balaban J connectivity index is 3.37. The first kappa shape index (κ1) is 9.36. The van der Waals surface area contributed by atoms with Crippen LogP contribution >= 0.6 is 23.2 Å². The molecular formula is C8H7Cl2NO. The van der Waals surface area contributed by atoms with E-state index in [9.17, 15) is 4.79 Å². The molecule has 64 valence electrons. The standard InChI is InChI=1S/C8H7Cl2NO/c1-4-2-5(9)3-6(7(4)11)8(10)12/h2-3H,11H2,1H3. The van der Waals surface area contributed by atoms with Crippen LogP contribution in [0.5, 0.6) is 0 Å². The molecule has 0 aliphatic heterocycles. The zero-order chi connectivity index (χ0) is 9.30. The Morgan fingerprint density at radius 1 is 1.50 bits per heavy atom. The van der Waals surface area contributed by atoms with Crippen LogP contribution in [0.25, 0.3) is 0 Å². The SMILES string of the molecule is Cc1cc(Cl)cc(C(=O)Cl)c1N. The molecular weight excluding hydrogens is 197 g/mol. The van der Waals surface area contributed by atoms with E-state index in [0.29, 0.717) is 10.7 Å². The van der Waals surface area contributed by atoms with Gasteiger partial charge in [0.1, 0.15) is 0 Å². The Bertz CT molecular complexity index is 336. The number of benzene rings is 1. The predicted molar refractivity (Wildman–Crippen MR) is 50.8 cm³/mol. The number of halogens is 2. The minimum absolute atomic E-state index is 0.265. The van der Waals surface area contributed by atoms with Crippen molar-refractivity contribution in [2.45, 2.75) is 6.92 Å². The van der Waals surface area contributed by atoms with Gasteiger partial charge in [-0.05, 0) is 36.2 Å². The van der Waals surface area contributed by atoms with Gasteiger partial charge in [0.25, 0.3) is 5.24 Å². The molecule has 0 spiro atoms. The number of hydrogen-bond acceptors (Lipinski definition) is 2. The lowest BCUT2D eigenvalue weighted by Gasteiger charge is -2.04. The molecule has 0 aliphatic carbocycles. The summed E-state index contributed by atoms with van der Waals surface area (Å²) in [7, 11) is 0. The van der Waals surface area contributed by atoms with Crippen molar-refractivity contribution in [1.82, 2.24) is 0 Å². The van der Waals surface area contributed by atoms with Gasteiger partial charge in [-0.1, -0.05) is 11.6 Å². The smallest absolute Gasteiger partial charge is 0.254 e. The summed E-state index contributed by atoms with van der Waals surface area (Å²) in [4.78, 5) is 10.8. The van der Waals surface area contributed by atoms with Gasteiger partial charge in [-0.15, -0.1) is 0 Å². The van der Waals surface area contributed by atoms with Crippen molar-refractivity contribution in [2.24, 2.45) is 0 Å². The highest BCUT2D eigenvalue weighted by Gasteiger charge is 2.09. The lowest BCUT2D eigenvalue weighted by Crippen LogP contribution is -1.99.